The van der Waals surface area contributed by atoms with Gasteiger partial charge in [-0.15, -0.1) is 0 Å². The van der Waals surface area contributed by atoms with Crippen molar-refractivity contribution in [2.75, 3.05) is 13.6 Å². The molecular formula is C15H20F3N5O. The maximum atomic E-state index is 12.2. The molecule has 0 bridgehead atoms. The molecule has 2 heterocycles. The van der Waals surface area contributed by atoms with Crippen LogP contribution in [0.2, 0.25) is 0 Å². The lowest BCUT2D eigenvalue weighted by atomic mass is 10.3. The van der Waals surface area contributed by atoms with Crippen molar-refractivity contribution in [1.29, 1.82) is 0 Å². The number of nitrogens with zero attached hydrogens (tertiary/aromatic N) is 5. The molecule has 0 radical (unpaired) electrons. The Labute approximate surface area is 137 Å². The molecule has 0 aromatic carbocycles. The Morgan fingerprint density at radius 3 is 2.71 bits per heavy atom. The number of alkyl halides is 3. The van der Waals surface area contributed by atoms with Crippen LogP contribution in [0.1, 0.15) is 29.0 Å². The number of hydrogen-bond donors (Lipinski definition) is 0. The van der Waals surface area contributed by atoms with E-state index in [1.807, 2.05) is 17.7 Å². The van der Waals surface area contributed by atoms with Gasteiger partial charge >= 0.3 is 6.18 Å². The Bertz CT molecular complexity index is 677. The molecule has 0 aliphatic heterocycles. The Morgan fingerprint density at radius 1 is 1.33 bits per heavy atom. The zero-order valence-electron chi connectivity index (χ0n) is 13.6. The van der Waals surface area contributed by atoms with Gasteiger partial charge in [0.05, 0.1) is 18.2 Å². The quantitative estimate of drug-likeness (QED) is 0.776. The Kier molecular flexibility index (Phi) is 5.63. The molecule has 2 aromatic heterocycles. The van der Waals surface area contributed by atoms with Crippen LogP contribution in [0.3, 0.4) is 0 Å². The topological polar surface area (TPSA) is 56.0 Å². The van der Waals surface area contributed by atoms with Crippen molar-refractivity contribution in [3.63, 3.8) is 0 Å². The van der Waals surface area contributed by atoms with Gasteiger partial charge in [-0.05, 0) is 13.3 Å². The molecule has 1 amide bonds. The molecule has 0 spiro atoms. The van der Waals surface area contributed by atoms with E-state index in [0.29, 0.717) is 12.1 Å². The fourth-order valence-electron chi connectivity index (χ4n) is 2.28. The minimum absolute atomic E-state index is 0.254. The van der Waals surface area contributed by atoms with Crippen LogP contribution in [0.15, 0.2) is 24.8 Å². The molecule has 132 valence electrons. The van der Waals surface area contributed by atoms with Gasteiger partial charge in [0.25, 0.3) is 5.91 Å². The van der Waals surface area contributed by atoms with Gasteiger partial charge in [0.1, 0.15) is 5.82 Å². The second kappa shape index (κ2) is 7.50. The van der Waals surface area contributed by atoms with Crippen LogP contribution in [0.4, 0.5) is 13.2 Å². The van der Waals surface area contributed by atoms with Gasteiger partial charge < -0.3 is 9.47 Å². The van der Waals surface area contributed by atoms with E-state index in [0.717, 1.165) is 23.5 Å². The summed E-state index contributed by atoms with van der Waals surface area (Å²) in [5.74, 6) is 0.658. The third-order valence-corrected chi connectivity index (χ3v) is 3.67. The normalized spacial score (nSPS) is 11.7. The summed E-state index contributed by atoms with van der Waals surface area (Å²) < 4.78 is 39.7. The fourth-order valence-corrected chi connectivity index (χ4v) is 2.28. The minimum atomic E-state index is -4.24. The maximum absolute atomic E-state index is 12.2. The molecule has 0 atom stereocenters. The first kappa shape index (κ1) is 18.0. The average Bonchev–Trinajstić information content (AvgIpc) is 3.13. The smallest absolute Gasteiger partial charge is 0.342 e. The number of imidazole rings is 1. The molecule has 9 heteroatoms. The highest BCUT2D eigenvalue weighted by atomic mass is 19.4. The first-order valence-corrected chi connectivity index (χ1v) is 7.58. The van der Waals surface area contributed by atoms with Crippen molar-refractivity contribution in [2.24, 2.45) is 0 Å². The number of halogens is 3. The molecular weight excluding hydrogens is 323 g/mol. The highest BCUT2D eigenvalue weighted by Gasteiger charge is 2.27. The summed E-state index contributed by atoms with van der Waals surface area (Å²) in [6.07, 6.45) is 1.80. The van der Waals surface area contributed by atoms with Gasteiger partial charge in [-0.2, -0.15) is 18.3 Å². The number of amides is 1. The van der Waals surface area contributed by atoms with E-state index in [2.05, 4.69) is 10.1 Å². The summed E-state index contributed by atoms with van der Waals surface area (Å²) in [4.78, 5) is 17.9. The molecule has 0 N–H and O–H groups in total. The lowest BCUT2D eigenvalue weighted by Crippen LogP contribution is -2.28. The van der Waals surface area contributed by atoms with Crippen molar-refractivity contribution < 1.29 is 18.0 Å². The number of aromatic nitrogens is 4. The van der Waals surface area contributed by atoms with Crippen molar-refractivity contribution in [3.8, 4) is 0 Å². The summed E-state index contributed by atoms with van der Waals surface area (Å²) in [6.45, 7) is 2.89. The lowest BCUT2D eigenvalue weighted by Gasteiger charge is -2.16. The first-order chi connectivity index (χ1) is 11.3. The molecule has 0 saturated heterocycles. The molecule has 0 aliphatic carbocycles. The van der Waals surface area contributed by atoms with Crippen molar-refractivity contribution in [3.05, 3.63) is 36.2 Å². The molecule has 0 saturated carbocycles. The van der Waals surface area contributed by atoms with Gasteiger partial charge in [0, 0.05) is 45.3 Å². The largest absolute Gasteiger partial charge is 0.390 e. The fraction of sp³-hybridized carbons (Fsp3) is 0.533. The minimum Gasteiger partial charge on any atom is -0.342 e. The number of aryl methyl sites for hydroxylation is 3. The van der Waals surface area contributed by atoms with Crippen LogP contribution < -0.4 is 0 Å². The predicted octanol–water partition coefficient (Wildman–Crippen LogP) is 2.50. The Morgan fingerprint density at radius 2 is 2.08 bits per heavy atom. The summed E-state index contributed by atoms with van der Waals surface area (Å²) >= 11 is 0. The van der Waals surface area contributed by atoms with E-state index in [-0.39, 0.29) is 12.5 Å². The van der Waals surface area contributed by atoms with Crippen LogP contribution in [-0.2, 0) is 13.1 Å². The Balaban J connectivity index is 1.82. The third-order valence-electron chi connectivity index (χ3n) is 3.67. The zero-order chi connectivity index (χ0) is 17.7. The molecule has 24 heavy (non-hydrogen) atoms. The van der Waals surface area contributed by atoms with E-state index in [4.69, 9.17) is 0 Å². The number of carbonyl (C=O) groups is 1. The monoisotopic (exact) mass is 343 g/mol. The summed E-state index contributed by atoms with van der Waals surface area (Å²) in [7, 11) is 1.66. The second-order valence-electron chi connectivity index (χ2n) is 5.61. The van der Waals surface area contributed by atoms with Crippen molar-refractivity contribution in [2.45, 2.75) is 39.0 Å². The Hall–Kier alpha value is -2.32. The van der Waals surface area contributed by atoms with E-state index < -0.39 is 12.6 Å². The van der Waals surface area contributed by atoms with E-state index in [1.54, 1.807) is 13.2 Å². The van der Waals surface area contributed by atoms with E-state index in [1.165, 1.54) is 17.3 Å². The number of carbonyl (C=O) groups excluding carboxylic acids is 1. The summed E-state index contributed by atoms with van der Waals surface area (Å²) in [5.41, 5.74) is 0.290. The van der Waals surface area contributed by atoms with E-state index >= 15 is 0 Å². The number of hydrogen-bond acceptors (Lipinski definition) is 3. The first-order valence-electron chi connectivity index (χ1n) is 7.58. The molecule has 0 aliphatic rings. The predicted molar refractivity (Wildman–Crippen MR) is 81.4 cm³/mol. The average molecular weight is 343 g/mol. The van der Waals surface area contributed by atoms with Gasteiger partial charge in [-0.3, -0.25) is 9.48 Å². The van der Waals surface area contributed by atoms with Crippen molar-refractivity contribution in [1.82, 2.24) is 24.2 Å². The zero-order valence-corrected chi connectivity index (χ0v) is 13.6. The SMILES string of the molecule is Cc1nccn1CCCN(C)C(=O)c1cnn(CCC(F)(F)F)c1. The van der Waals surface area contributed by atoms with Crippen molar-refractivity contribution >= 4 is 5.91 Å². The highest BCUT2D eigenvalue weighted by Crippen LogP contribution is 2.20. The highest BCUT2D eigenvalue weighted by molar-refractivity contribution is 5.93. The van der Waals surface area contributed by atoms with Gasteiger partial charge in [-0.1, -0.05) is 0 Å². The lowest BCUT2D eigenvalue weighted by molar-refractivity contribution is -0.137. The van der Waals surface area contributed by atoms with E-state index in [9.17, 15) is 18.0 Å². The van der Waals surface area contributed by atoms with Crippen LogP contribution in [-0.4, -0.2) is 49.9 Å². The second-order valence-corrected chi connectivity index (χ2v) is 5.61. The van der Waals surface area contributed by atoms with Gasteiger partial charge in [0.15, 0.2) is 0 Å². The summed E-state index contributed by atoms with van der Waals surface area (Å²) in [6, 6.07) is 0. The van der Waals surface area contributed by atoms with Crippen LogP contribution in [0.25, 0.3) is 0 Å². The van der Waals surface area contributed by atoms with Gasteiger partial charge in [-0.25, -0.2) is 4.98 Å². The summed E-state index contributed by atoms with van der Waals surface area (Å²) in [5, 5.41) is 3.81. The molecule has 0 unspecified atom stereocenters. The number of rotatable bonds is 7. The standard InChI is InChI=1S/C15H20F3N5O/c1-12-19-5-9-22(12)7-3-6-21(2)14(24)13-10-20-23(11-13)8-4-15(16,17)18/h5,9-11H,3-4,6-8H2,1-2H3. The third kappa shape index (κ3) is 5.10. The molecule has 2 rings (SSSR count). The van der Waals surface area contributed by atoms with Crippen LogP contribution in [0.5, 0.6) is 0 Å². The maximum Gasteiger partial charge on any atom is 0.390 e. The van der Waals surface area contributed by atoms with Gasteiger partial charge in [0.2, 0.25) is 0 Å². The molecule has 0 fully saturated rings. The molecule has 6 nitrogen and oxygen atoms in total. The molecule has 2 aromatic rings. The van der Waals surface area contributed by atoms with Crippen LogP contribution >= 0.6 is 0 Å². The van der Waals surface area contributed by atoms with Crippen LogP contribution in [0, 0.1) is 6.92 Å².